The van der Waals surface area contributed by atoms with Crippen molar-refractivity contribution in [3.8, 4) is 0 Å². The smallest absolute Gasteiger partial charge is 0.132 e. The van der Waals surface area contributed by atoms with E-state index in [4.69, 9.17) is 10.7 Å². The maximum Gasteiger partial charge on any atom is 0.132 e. The van der Waals surface area contributed by atoms with Crippen LogP contribution in [0.3, 0.4) is 0 Å². The summed E-state index contributed by atoms with van der Waals surface area (Å²) in [5.74, 6) is 1.74. The van der Waals surface area contributed by atoms with Gasteiger partial charge in [0.25, 0.3) is 0 Å². The maximum atomic E-state index is 5.75. The van der Waals surface area contributed by atoms with Crippen LogP contribution < -0.4 is 10.6 Å². The largest absolute Gasteiger partial charge is 0.359 e. The first-order valence-electron chi connectivity index (χ1n) is 7.45. The van der Waals surface area contributed by atoms with Crippen molar-refractivity contribution < 1.29 is 0 Å². The van der Waals surface area contributed by atoms with Gasteiger partial charge in [-0.1, -0.05) is 38.5 Å². The second kappa shape index (κ2) is 6.71. The van der Waals surface area contributed by atoms with E-state index in [0.29, 0.717) is 12.5 Å². The predicted octanol–water partition coefficient (Wildman–Crippen LogP) is 3.22. The van der Waals surface area contributed by atoms with Crippen LogP contribution in [0.1, 0.15) is 25.8 Å². The number of para-hydroxylation sites is 1. The lowest BCUT2D eigenvalue weighted by Crippen LogP contribution is -2.26. The number of benzene rings is 1. The Kier molecular flexibility index (Phi) is 4.96. The van der Waals surface area contributed by atoms with Crippen LogP contribution in [0.5, 0.6) is 0 Å². The van der Waals surface area contributed by atoms with E-state index in [1.807, 2.05) is 6.07 Å². The molecule has 0 amide bonds. The molecule has 1 aromatic heterocycles. The molecule has 0 spiro atoms. The van der Waals surface area contributed by atoms with Crippen molar-refractivity contribution in [2.75, 3.05) is 25.0 Å². The Balaban J connectivity index is 2.40. The molecule has 108 valence electrons. The first-order valence-corrected chi connectivity index (χ1v) is 7.45. The molecule has 0 saturated heterocycles. The number of hydrogen-bond donors (Lipinski definition) is 1. The first-order chi connectivity index (χ1) is 9.65. The van der Waals surface area contributed by atoms with Gasteiger partial charge >= 0.3 is 0 Å². The molecule has 2 rings (SSSR count). The summed E-state index contributed by atoms with van der Waals surface area (Å²) in [6.07, 6.45) is 2.06. The van der Waals surface area contributed by atoms with Crippen LogP contribution in [-0.2, 0) is 6.42 Å². The highest BCUT2D eigenvalue weighted by atomic mass is 15.2. The van der Waals surface area contributed by atoms with Gasteiger partial charge in [0.05, 0.1) is 5.52 Å². The average molecular weight is 271 g/mol. The molecule has 1 aromatic carbocycles. The van der Waals surface area contributed by atoms with Gasteiger partial charge in [0.1, 0.15) is 5.82 Å². The Labute approximate surface area is 121 Å². The number of anilines is 1. The Hall–Kier alpha value is -1.61. The van der Waals surface area contributed by atoms with Crippen molar-refractivity contribution in [1.82, 2.24) is 4.98 Å². The summed E-state index contributed by atoms with van der Waals surface area (Å²) < 4.78 is 0. The number of aromatic nitrogens is 1. The van der Waals surface area contributed by atoms with Gasteiger partial charge in [-0.15, -0.1) is 0 Å². The molecule has 1 unspecified atom stereocenters. The zero-order valence-corrected chi connectivity index (χ0v) is 12.8. The Morgan fingerprint density at radius 2 is 2.05 bits per heavy atom. The summed E-state index contributed by atoms with van der Waals surface area (Å²) >= 11 is 0. The van der Waals surface area contributed by atoms with Crippen molar-refractivity contribution in [2.45, 2.75) is 26.7 Å². The molecule has 1 atom stereocenters. The minimum Gasteiger partial charge on any atom is -0.359 e. The fourth-order valence-corrected chi connectivity index (χ4v) is 2.50. The van der Waals surface area contributed by atoms with E-state index in [2.05, 4.69) is 50.1 Å². The van der Waals surface area contributed by atoms with Crippen LogP contribution >= 0.6 is 0 Å². The Bertz CT molecular complexity index is 565. The molecule has 0 aliphatic heterocycles. The van der Waals surface area contributed by atoms with Crippen LogP contribution in [0.2, 0.25) is 0 Å². The van der Waals surface area contributed by atoms with Gasteiger partial charge in [-0.05, 0) is 36.6 Å². The number of rotatable bonds is 6. The molecular weight excluding hydrogens is 246 g/mol. The highest BCUT2D eigenvalue weighted by Crippen LogP contribution is 2.24. The number of hydrogen-bond acceptors (Lipinski definition) is 3. The zero-order valence-electron chi connectivity index (χ0n) is 12.8. The lowest BCUT2D eigenvalue weighted by molar-refractivity contribution is 0.557. The van der Waals surface area contributed by atoms with Gasteiger partial charge in [-0.2, -0.15) is 0 Å². The molecule has 3 heteroatoms. The lowest BCUT2D eigenvalue weighted by Gasteiger charge is -2.24. The SMILES string of the molecule is CCC(C)CN(C)c1nc2ccccc2cc1CCN. The van der Waals surface area contributed by atoms with Crippen LogP contribution in [0.25, 0.3) is 10.9 Å². The standard InChI is InChI=1S/C17H25N3/c1-4-13(2)12-20(3)17-15(9-10-18)11-14-7-5-6-8-16(14)19-17/h5-8,11,13H,4,9-10,12,18H2,1-3H3. The molecule has 20 heavy (non-hydrogen) atoms. The fraction of sp³-hybridized carbons (Fsp3) is 0.471. The third-order valence-corrected chi connectivity index (χ3v) is 3.84. The van der Waals surface area contributed by atoms with Crippen LogP contribution in [0.4, 0.5) is 5.82 Å². The minimum absolute atomic E-state index is 0.657. The maximum absolute atomic E-state index is 5.75. The van der Waals surface area contributed by atoms with Crippen molar-refractivity contribution in [2.24, 2.45) is 11.7 Å². The molecule has 3 nitrogen and oxygen atoms in total. The molecule has 0 radical (unpaired) electrons. The van der Waals surface area contributed by atoms with E-state index >= 15 is 0 Å². The predicted molar refractivity (Wildman–Crippen MR) is 87.2 cm³/mol. The van der Waals surface area contributed by atoms with E-state index in [0.717, 1.165) is 24.3 Å². The third-order valence-electron chi connectivity index (χ3n) is 3.84. The molecule has 1 heterocycles. The van der Waals surface area contributed by atoms with Crippen molar-refractivity contribution >= 4 is 16.7 Å². The van der Waals surface area contributed by atoms with Gasteiger partial charge in [0, 0.05) is 19.0 Å². The highest BCUT2D eigenvalue weighted by molar-refractivity contribution is 5.81. The first kappa shape index (κ1) is 14.8. The van der Waals surface area contributed by atoms with Gasteiger partial charge in [-0.3, -0.25) is 0 Å². The quantitative estimate of drug-likeness (QED) is 0.877. The minimum atomic E-state index is 0.657. The zero-order chi connectivity index (χ0) is 14.5. The monoisotopic (exact) mass is 271 g/mol. The van der Waals surface area contributed by atoms with Crippen LogP contribution in [0, 0.1) is 5.92 Å². The third kappa shape index (κ3) is 3.28. The molecular formula is C17H25N3. The highest BCUT2D eigenvalue weighted by Gasteiger charge is 2.12. The Morgan fingerprint density at radius 1 is 1.30 bits per heavy atom. The van der Waals surface area contributed by atoms with E-state index in [-0.39, 0.29) is 0 Å². The molecule has 2 aromatic rings. The van der Waals surface area contributed by atoms with Crippen LogP contribution in [0.15, 0.2) is 30.3 Å². The molecule has 0 bridgehead atoms. The summed E-state index contributed by atoms with van der Waals surface area (Å²) in [5.41, 5.74) is 8.06. The topological polar surface area (TPSA) is 42.2 Å². The number of nitrogens with two attached hydrogens (primary N) is 1. The summed E-state index contributed by atoms with van der Waals surface area (Å²) in [7, 11) is 2.13. The molecule has 0 saturated carbocycles. The Morgan fingerprint density at radius 3 is 2.75 bits per heavy atom. The normalized spacial score (nSPS) is 12.6. The van der Waals surface area contributed by atoms with Crippen LogP contribution in [-0.4, -0.2) is 25.1 Å². The molecule has 0 fully saturated rings. The molecule has 2 N–H and O–H groups in total. The lowest BCUT2D eigenvalue weighted by atomic mass is 10.1. The van der Waals surface area contributed by atoms with E-state index in [1.165, 1.54) is 17.4 Å². The number of pyridine rings is 1. The number of fused-ring (bicyclic) bond motifs is 1. The van der Waals surface area contributed by atoms with E-state index < -0.39 is 0 Å². The van der Waals surface area contributed by atoms with Gasteiger partial charge in [0.2, 0.25) is 0 Å². The average Bonchev–Trinajstić information content (AvgIpc) is 2.46. The molecule has 0 aliphatic carbocycles. The van der Waals surface area contributed by atoms with Crippen molar-refractivity contribution in [1.29, 1.82) is 0 Å². The fourth-order valence-electron chi connectivity index (χ4n) is 2.50. The van der Waals surface area contributed by atoms with Gasteiger partial charge in [0.15, 0.2) is 0 Å². The summed E-state index contributed by atoms with van der Waals surface area (Å²) in [5, 5.41) is 1.19. The van der Waals surface area contributed by atoms with E-state index in [9.17, 15) is 0 Å². The summed E-state index contributed by atoms with van der Waals surface area (Å²) in [4.78, 5) is 7.12. The van der Waals surface area contributed by atoms with Crippen molar-refractivity contribution in [3.05, 3.63) is 35.9 Å². The van der Waals surface area contributed by atoms with E-state index in [1.54, 1.807) is 0 Å². The van der Waals surface area contributed by atoms with Gasteiger partial charge in [-0.25, -0.2) is 4.98 Å². The summed E-state index contributed by atoms with van der Waals surface area (Å²) in [6, 6.07) is 10.5. The second-order valence-electron chi connectivity index (χ2n) is 5.60. The molecule has 0 aliphatic rings. The van der Waals surface area contributed by atoms with Crippen molar-refractivity contribution in [3.63, 3.8) is 0 Å². The van der Waals surface area contributed by atoms with Gasteiger partial charge < -0.3 is 10.6 Å². The second-order valence-corrected chi connectivity index (χ2v) is 5.60. The summed E-state index contributed by atoms with van der Waals surface area (Å²) in [6.45, 7) is 6.19. The number of nitrogens with zero attached hydrogens (tertiary/aromatic N) is 2.